The summed E-state index contributed by atoms with van der Waals surface area (Å²) in [6.45, 7) is 0. The molecule has 1 aliphatic carbocycles. The summed E-state index contributed by atoms with van der Waals surface area (Å²) < 4.78 is 2.12. The molecular formula is C17H16ClN3O. The van der Waals surface area contributed by atoms with E-state index in [1.165, 1.54) is 16.5 Å². The standard InChI is InChI=1S/C17H15N3O.ClH/c1-20-8-13(12-4-2-3-5-16(12)20)11-6-7-15-17(14(11)9-21)19-10-18-15;/h2-5,8,10-11H,6-7H2,1H3,(H,18,19);1H/t11-;/m1./s1. The lowest BCUT2D eigenvalue weighted by molar-refractivity contribution is 0.567. The van der Waals surface area contributed by atoms with Gasteiger partial charge < -0.3 is 9.55 Å². The molecule has 0 amide bonds. The van der Waals surface area contributed by atoms with Gasteiger partial charge in [0.05, 0.1) is 17.6 Å². The zero-order valence-corrected chi connectivity index (χ0v) is 13.0. The number of hydrogen-bond acceptors (Lipinski definition) is 2. The summed E-state index contributed by atoms with van der Waals surface area (Å²) in [7, 11) is 2.04. The molecule has 5 heteroatoms. The van der Waals surface area contributed by atoms with Crippen molar-refractivity contribution in [2.24, 2.45) is 7.05 Å². The molecule has 0 radical (unpaired) electrons. The van der Waals surface area contributed by atoms with Crippen LogP contribution in [0.2, 0.25) is 0 Å². The molecule has 1 aromatic carbocycles. The van der Waals surface area contributed by atoms with Crippen LogP contribution in [0.1, 0.15) is 29.3 Å². The van der Waals surface area contributed by atoms with Gasteiger partial charge in [0.25, 0.3) is 0 Å². The topological polar surface area (TPSA) is 50.7 Å². The number of halogens is 1. The number of H-pyrrole nitrogens is 1. The molecule has 0 unspecified atom stereocenters. The Morgan fingerprint density at radius 2 is 2.18 bits per heavy atom. The first-order valence-electron chi connectivity index (χ1n) is 7.11. The number of rotatable bonds is 1. The summed E-state index contributed by atoms with van der Waals surface area (Å²) in [5.74, 6) is 2.22. The van der Waals surface area contributed by atoms with Crippen LogP contribution in [0.3, 0.4) is 0 Å². The van der Waals surface area contributed by atoms with Gasteiger partial charge in [-0.25, -0.2) is 9.78 Å². The molecule has 0 spiro atoms. The third-order valence-corrected chi connectivity index (χ3v) is 4.42. The number of imidazole rings is 1. The summed E-state index contributed by atoms with van der Waals surface area (Å²) in [6, 6.07) is 8.30. The van der Waals surface area contributed by atoms with Crippen LogP contribution in [0.15, 0.2) is 36.8 Å². The normalized spacial score (nSPS) is 17.0. The number of para-hydroxylation sites is 1. The molecule has 4 rings (SSSR count). The molecule has 2 aromatic heterocycles. The zero-order chi connectivity index (χ0) is 14.4. The Bertz CT molecular complexity index is 886. The number of carbonyl (C=O) groups excluding carboxylic acids is 1. The van der Waals surface area contributed by atoms with E-state index in [0.717, 1.165) is 24.2 Å². The van der Waals surface area contributed by atoms with Gasteiger partial charge in [-0.05, 0) is 24.5 Å². The van der Waals surface area contributed by atoms with Crippen molar-refractivity contribution >= 4 is 34.8 Å². The molecule has 0 bridgehead atoms. The van der Waals surface area contributed by atoms with E-state index in [9.17, 15) is 4.79 Å². The number of nitrogens with one attached hydrogen (secondary N) is 1. The van der Waals surface area contributed by atoms with Crippen LogP contribution in [-0.2, 0) is 18.3 Å². The highest BCUT2D eigenvalue weighted by atomic mass is 35.5. The Kier molecular flexibility index (Phi) is 3.65. The second kappa shape index (κ2) is 5.48. The fraction of sp³-hybridized carbons (Fsp3) is 0.235. The van der Waals surface area contributed by atoms with Gasteiger partial charge in [-0.3, -0.25) is 0 Å². The van der Waals surface area contributed by atoms with Crippen LogP contribution in [0.25, 0.3) is 16.5 Å². The van der Waals surface area contributed by atoms with E-state index in [-0.39, 0.29) is 18.3 Å². The van der Waals surface area contributed by atoms with E-state index in [4.69, 9.17) is 0 Å². The maximum atomic E-state index is 11.5. The largest absolute Gasteiger partial charge is 0.350 e. The highest BCUT2D eigenvalue weighted by molar-refractivity contribution is 5.95. The number of aromatic amines is 1. The molecule has 0 aliphatic heterocycles. The summed E-state index contributed by atoms with van der Waals surface area (Å²) in [6.07, 6.45) is 5.61. The first-order chi connectivity index (χ1) is 10.3. The SMILES string of the molecule is Cl.Cn1cc([C@H]2CCc3[nH]cnc3C2=C=O)c2ccccc21. The lowest BCUT2D eigenvalue weighted by Crippen LogP contribution is -2.12. The molecule has 1 atom stereocenters. The second-order valence-electron chi connectivity index (χ2n) is 5.55. The zero-order valence-electron chi connectivity index (χ0n) is 12.2. The molecule has 3 aromatic rings. The summed E-state index contributed by atoms with van der Waals surface area (Å²) in [5, 5.41) is 1.21. The van der Waals surface area contributed by atoms with Gasteiger partial charge in [0, 0.05) is 35.8 Å². The highest BCUT2D eigenvalue weighted by Gasteiger charge is 2.30. The van der Waals surface area contributed by atoms with Crippen molar-refractivity contribution in [3.8, 4) is 0 Å². The minimum Gasteiger partial charge on any atom is -0.350 e. The predicted octanol–water partition coefficient (Wildman–Crippen LogP) is 3.27. The van der Waals surface area contributed by atoms with Crippen molar-refractivity contribution in [2.75, 3.05) is 0 Å². The average molecular weight is 314 g/mol. The van der Waals surface area contributed by atoms with Crippen LogP contribution >= 0.6 is 12.4 Å². The third kappa shape index (κ3) is 2.00. The van der Waals surface area contributed by atoms with Crippen LogP contribution in [0, 0.1) is 0 Å². The molecule has 22 heavy (non-hydrogen) atoms. The number of hydrogen-bond donors (Lipinski definition) is 1. The molecular weight excluding hydrogens is 298 g/mol. The Balaban J connectivity index is 0.00000144. The van der Waals surface area contributed by atoms with Gasteiger partial charge in [0.15, 0.2) is 0 Å². The van der Waals surface area contributed by atoms with Crippen LogP contribution in [0.5, 0.6) is 0 Å². The Morgan fingerprint density at radius 1 is 1.36 bits per heavy atom. The van der Waals surface area contributed by atoms with Crippen molar-refractivity contribution in [3.05, 3.63) is 53.7 Å². The number of aromatic nitrogens is 3. The van der Waals surface area contributed by atoms with Crippen molar-refractivity contribution in [2.45, 2.75) is 18.8 Å². The van der Waals surface area contributed by atoms with E-state index >= 15 is 0 Å². The number of nitrogens with zero attached hydrogens (tertiary/aromatic N) is 2. The van der Waals surface area contributed by atoms with E-state index in [2.05, 4.69) is 38.8 Å². The molecule has 0 saturated carbocycles. The lowest BCUT2D eigenvalue weighted by Gasteiger charge is -2.22. The number of benzene rings is 1. The quantitative estimate of drug-likeness (QED) is 0.701. The van der Waals surface area contributed by atoms with E-state index in [1.54, 1.807) is 6.33 Å². The van der Waals surface area contributed by atoms with Crippen LogP contribution < -0.4 is 0 Å². The number of aryl methyl sites for hydroxylation is 2. The molecule has 1 N–H and O–H groups in total. The van der Waals surface area contributed by atoms with Crippen molar-refractivity contribution in [1.82, 2.24) is 14.5 Å². The highest BCUT2D eigenvalue weighted by Crippen LogP contribution is 2.41. The average Bonchev–Trinajstić information content (AvgIpc) is 3.11. The molecule has 0 fully saturated rings. The van der Waals surface area contributed by atoms with Gasteiger partial charge in [-0.15, -0.1) is 12.4 Å². The van der Waals surface area contributed by atoms with E-state index < -0.39 is 0 Å². The molecule has 2 heterocycles. The first kappa shape index (κ1) is 14.6. The Hall–Kier alpha value is -2.29. The summed E-state index contributed by atoms with van der Waals surface area (Å²) >= 11 is 0. The number of fused-ring (bicyclic) bond motifs is 2. The maximum Gasteiger partial charge on any atom is 0.130 e. The molecule has 112 valence electrons. The van der Waals surface area contributed by atoms with Crippen molar-refractivity contribution in [1.29, 1.82) is 0 Å². The van der Waals surface area contributed by atoms with Crippen LogP contribution in [-0.4, -0.2) is 20.5 Å². The molecule has 1 aliphatic rings. The summed E-state index contributed by atoms with van der Waals surface area (Å²) in [5.41, 5.74) is 4.89. The third-order valence-electron chi connectivity index (χ3n) is 4.42. The van der Waals surface area contributed by atoms with Gasteiger partial charge in [-0.1, -0.05) is 18.2 Å². The Morgan fingerprint density at radius 3 is 3.00 bits per heavy atom. The monoisotopic (exact) mass is 313 g/mol. The van der Waals surface area contributed by atoms with Crippen LogP contribution in [0.4, 0.5) is 0 Å². The maximum absolute atomic E-state index is 11.5. The second-order valence-corrected chi connectivity index (χ2v) is 5.55. The molecule has 4 nitrogen and oxygen atoms in total. The Labute approximate surface area is 134 Å². The van der Waals surface area contributed by atoms with E-state index in [1.807, 2.05) is 19.2 Å². The van der Waals surface area contributed by atoms with Gasteiger partial charge in [-0.2, -0.15) is 0 Å². The van der Waals surface area contributed by atoms with Crippen molar-refractivity contribution < 1.29 is 4.79 Å². The molecule has 0 saturated heterocycles. The van der Waals surface area contributed by atoms with Crippen molar-refractivity contribution in [3.63, 3.8) is 0 Å². The minimum absolute atomic E-state index is 0. The number of allylic oxidation sites excluding steroid dienone is 1. The lowest BCUT2D eigenvalue weighted by atomic mass is 9.81. The fourth-order valence-electron chi connectivity index (χ4n) is 3.42. The predicted molar refractivity (Wildman–Crippen MR) is 88.9 cm³/mol. The smallest absolute Gasteiger partial charge is 0.130 e. The first-order valence-corrected chi connectivity index (χ1v) is 7.11. The summed E-state index contributed by atoms with van der Waals surface area (Å²) in [4.78, 5) is 19.0. The minimum atomic E-state index is 0. The van der Waals surface area contributed by atoms with Gasteiger partial charge >= 0.3 is 0 Å². The van der Waals surface area contributed by atoms with E-state index in [0.29, 0.717) is 5.57 Å². The van der Waals surface area contributed by atoms with Gasteiger partial charge in [0.1, 0.15) is 5.94 Å². The van der Waals surface area contributed by atoms with Gasteiger partial charge in [0.2, 0.25) is 0 Å². The fourth-order valence-corrected chi connectivity index (χ4v) is 3.42.